The van der Waals surface area contributed by atoms with E-state index in [1.54, 1.807) is 0 Å². The van der Waals surface area contributed by atoms with E-state index in [9.17, 15) is 26.4 Å². The van der Waals surface area contributed by atoms with Crippen molar-refractivity contribution in [3.8, 4) is 0 Å². The zero-order valence-corrected chi connectivity index (χ0v) is 16.3. The van der Waals surface area contributed by atoms with E-state index in [0.29, 0.717) is 12.5 Å². The molecule has 0 aliphatic heterocycles. The molecule has 0 saturated heterocycles. The summed E-state index contributed by atoms with van der Waals surface area (Å²) in [5.74, 6) is -4.57. The molecule has 2 aromatic heterocycles. The molecule has 2 heterocycles. The monoisotopic (exact) mass is 428 g/mol. The van der Waals surface area contributed by atoms with Gasteiger partial charge in [-0.25, -0.2) is 26.8 Å². The van der Waals surface area contributed by atoms with Crippen molar-refractivity contribution in [3.63, 3.8) is 0 Å². The fourth-order valence-electron chi connectivity index (χ4n) is 2.14. The normalized spacial score (nSPS) is 11.6. The van der Waals surface area contributed by atoms with Crippen molar-refractivity contribution in [2.45, 2.75) is 0 Å². The van der Waals surface area contributed by atoms with Gasteiger partial charge in [-0.3, -0.25) is 9.59 Å². The molecule has 0 bridgehead atoms. The number of carbonyl (C=O) groups is 2. The quantitative estimate of drug-likeness (QED) is 0.567. The van der Waals surface area contributed by atoms with Crippen molar-refractivity contribution >= 4 is 54.9 Å². The van der Waals surface area contributed by atoms with Gasteiger partial charge in [-0.1, -0.05) is 0 Å². The van der Waals surface area contributed by atoms with Gasteiger partial charge in [-0.2, -0.15) is 8.61 Å². The molecule has 0 aliphatic rings. The Labute approximate surface area is 160 Å². The maximum absolute atomic E-state index is 12.7. The number of amides is 2. The molecule has 0 aliphatic carbocycles. The molecule has 4 N–H and O–H groups in total. The van der Waals surface area contributed by atoms with Crippen LogP contribution in [0, 0.1) is 0 Å². The van der Waals surface area contributed by atoms with Gasteiger partial charge in [0.05, 0.1) is 23.9 Å². The third kappa shape index (κ3) is 4.17. The summed E-state index contributed by atoms with van der Waals surface area (Å²) in [6.07, 6.45) is 3.55. The number of anilines is 4. The predicted molar refractivity (Wildman–Crippen MR) is 102 cm³/mol. The Kier molecular flexibility index (Phi) is 5.56. The van der Waals surface area contributed by atoms with Gasteiger partial charge in [-0.15, -0.1) is 0 Å². The lowest BCUT2D eigenvalue weighted by Gasteiger charge is -2.24. The van der Waals surface area contributed by atoms with Crippen LogP contribution in [0.4, 0.5) is 23.0 Å². The van der Waals surface area contributed by atoms with Crippen LogP contribution in [-0.2, 0) is 29.6 Å². The summed E-state index contributed by atoms with van der Waals surface area (Å²) in [7, 11) is -8.82. The van der Waals surface area contributed by atoms with E-state index in [4.69, 9.17) is 11.5 Å². The minimum Gasteiger partial charge on any atom is -0.396 e. The average molecular weight is 428 g/mol. The van der Waals surface area contributed by atoms with Crippen LogP contribution in [-0.4, -0.2) is 51.1 Å². The van der Waals surface area contributed by atoms with Gasteiger partial charge >= 0.3 is 11.8 Å². The first kappa shape index (κ1) is 21.0. The highest BCUT2D eigenvalue weighted by molar-refractivity contribution is 7.93. The molecule has 2 aromatic rings. The second-order valence-electron chi connectivity index (χ2n) is 5.50. The number of hydrogen-bond donors (Lipinski definition) is 2. The van der Waals surface area contributed by atoms with Crippen molar-refractivity contribution in [2.24, 2.45) is 0 Å². The van der Waals surface area contributed by atoms with Crippen LogP contribution >= 0.6 is 0 Å². The van der Waals surface area contributed by atoms with Gasteiger partial charge in [0.25, 0.3) is 0 Å². The zero-order valence-electron chi connectivity index (χ0n) is 14.7. The van der Waals surface area contributed by atoms with E-state index in [-0.39, 0.29) is 20.0 Å². The Hall–Kier alpha value is -3.26. The Morgan fingerprint density at radius 2 is 1.11 bits per heavy atom. The summed E-state index contributed by atoms with van der Waals surface area (Å²) in [6, 6.07) is 5.26. The Balaban J connectivity index is 2.65. The molecule has 12 nitrogen and oxygen atoms in total. The van der Waals surface area contributed by atoms with Gasteiger partial charge in [0, 0.05) is 12.4 Å². The molecule has 0 radical (unpaired) electrons. The third-order valence-electron chi connectivity index (χ3n) is 3.23. The van der Waals surface area contributed by atoms with E-state index in [0.717, 1.165) is 12.4 Å². The SMILES string of the molecule is CS(=O)(=O)N(C(=O)C(=O)N(c1ncccc1N)S(C)(=O)=O)c1ncccc1N. The summed E-state index contributed by atoms with van der Waals surface area (Å²) in [5, 5.41) is 0. The van der Waals surface area contributed by atoms with Crippen molar-refractivity contribution < 1.29 is 26.4 Å². The second kappa shape index (κ2) is 7.40. The van der Waals surface area contributed by atoms with E-state index in [1.807, 2.05) is 0 Å². The standard InChI is InChI=1S/C14H16N6O6S2/c1-27(23,24)19(11-9(15)5-3-7-17-11)13(21)14(22)20(28(2,25)26)12-10(16)6-4-8-18-12/h3-8H,15-16H2,1-2H3. The Morgan fingerprint density at radius 1 is 0.786 bits per heavy atom. The maximum atomic E-state index is 12.7. The molecule has 150 valence electrons. The first-order chi connectivity index (χ1) is 12.9. The van der Waals surface area contributed by atoms with Crippen molar-refractivity contribution in [1.82, 2.24) is 9.97 Å². The smallest absolute Gasteiger partial charge is 0.333 e. The van der Waals surface area contributed by atoms with E-state index >= 15 is 0 Å². The molecule has 0 aromatic carbocycles. The zero-order chi connectivity index (χ0) is 21.3. The molecule has 2 amide bonds. The summed E-state index contributed by atoms with van der Waals surface area (Å²) >= 11 is 0. The number of rotatable bonds is 4. The molecule has 2 rings (SSSR count). The largest absolute Gasteiger partial charge is 0.396 e. The summed E-state index contributed by atoms with van der Waals surface area (Å²) < 4.78 is 48.7. The Bertz CT molecular complexity index is 1060. The van der Waals surface area contributed by atoms with Crippen molar-refractivity contribution in [3.05, 3.63) is 36.7 Å². The van der Waals surface area contributed by atoms with E-state index in [1.165, 1.54) is 24.3 Å². The topological polar surface area (TPSA) is 187 Å². The maximum Gasteiger partial charge on any atom is 0.333 e. The highest BCUT2D eigenvalue weighted by Crippen LogP contribution is 2.26. The molecule has 0 unspecified atom stereocenters. The number of nitrogens with two attached hydrogens (primary N) is 2. The summed E-state index contributed by atoms with van der Waals surface area (Å²) in [5.41, 5.74) is 10.9. The number of aromatic nitrogens is 2. The number of hydrogen-bond acceptors (Lipinski definition) is 10. The number of carbonyl (C=O) groups excluding carboxylic acids is 2. The fourth-order valence-corrected chi connectivity index (χ4v) is 3.83. The van der Waals surface area contributed by atoms with Crippen LogP contribution in [0.3, 0.4) is 0 Å². The number of sulfonamides is 2. The molecule has 0 spiro atoms. The number of pyridine rings is 2. The van der Waals surface area contributed by atoms with Crippen molar-refractivity contribution in [1.29, 1.82) is 0 Å². The summed E-state index contributed by atoms with van der Waals surface area (Å²) in [4.78, 5) is 32.9. The van der Waals surface area contributed by atoms with Gasteiger partial charge < -0.3 is 11.5 Å². The molecular formula is C14H16N6O6S2. The predicted octanol–water partition coefficient (Wildman–Crippen LogP) is -1.07. The van der Waals surface area contributed by atoms with Crippen LogP contribution in [0.1, 0.15) is 0 Å². The first-order valence-electron chi connectivity index (χ1n) is 7.35. The molecular weight excluding hydrogens is 412 g/mol. The molecule has 0 fully saturated rings. The highest BCUT2D eigenvalue weighted by Gasteiger charge is 2.40. The highest BCUT2D eigenvalue weighted by atomic mass is 32.2. The van der Waals surface area contributed by atoms with Crippen LogP contribution < -0.4 is 20.1 Å². The minimum absolute atomic E-state index is 0.0159. The Morgan fingerprint density at radius 3 is 1.36 bits per heavy atom. The van der Waals surface area contributed by atoms with Crippen molar-refractivity contribution in [2.75, 3.05) is 32.6 Å². The van der Waals surface area contributed by atoms with Gasteiger partial charge in [0.15, 0.2) is 11.6 Å². The van der Waals surface area contributed by atoms with Crippen LogP contribution in [0.25, 0.3) is 0 Å². The minimum atomic E-state index is -4.41. The molecule has 0 saturated carbocycles. The number of nitrogen functional groups attached to an aromatic ring is 2. The average Bonchev–Trinajstić information content (AvgIpc) is 2.56. The fraction of sp³-hybridized carbons (Fsp3) is 0.143. The van der Waals surface area contributed by atoms with Gasteiger partial charge in [0.1, 0.15) is 0 Å². The third-order valence-corrected chi connectivity index (χ3v) is 5.24. The van der Waals surface area contributed by atoms with E-state index < -0.39 is 43.5 Å². The molecule has 0 atom stereocenters. The lowest BCUT2D eigenvalue weighted by atomic mass is 10.3. The lowest BCUT2D eigenvalue weighted by Crippen LogP contribution is -2.50. The number of nitrogens with zero attached hydrogens (tertiary/aromatic N) is 4. The molecule has 14 heteroatoms. The first-order valence-corrected chi connectivity index (χ1v) is 11.0. The summed E-state index contributed by atoms with van der Waals surface area (Å²) in [6.45, 7) is 0. The van der Waals surface area contributed by atoms with Gasteiger partial charge in [0.2, 0.25) is 20.0 Å². The lowest BCUT2D eigenvalue weighted by molar-refractivity contribution is -0.134. The van der Waals surface area contributed by atoms with Crippen LogP contribution in [0.2, 0.25) is 0 Å². The van der Waals surface area contributed by atoms with Gasteiger partial charge in [-0.05, 0) is 24.3 Å². The van der Waals surface area contributed by atoms with Crippen LogP contribution in [0.5, 0.6) is 0 Å². The molecule has 28 heavy (non-hydrogen) atoms. The van der Waals surface area contributed by atoms with E-state index in [2.05, 4.69) is 9.97 Å². The second-order valence-corrected chi connectivity index (χ2v) is 9.16. The van der Waals surface area contributed by atoms with Crippen LogP contribution in [0.15, 0.2) is 36.7 Å².